The Labute approximate surface area is 198 Å². The van der Waals surface area contributed by atoms with E-state index in [4.69, 9.17) is 4.74 Å². The summed E-state index contributed by atoms with van der Waals surface area (Å²) in [6.07, 6.45) is 5.12. The summed E-state index contributed by atoms with van der Waals surface area (Å²) in [6, 6.07) is 4.82. The second-order valence-corrected chi connectivity index (χ2v) is 7.88. The summed E-state index contributed by atoms with van der Waals surface area (Å²) in [5.74, 6) is 0.366. The summed E-state index contributed by atoms with van der Waals surface area (Å²) in [6.45, 7) is 3.30. The van der Waals surface area contributed by atoms with Crippen LogP contribution in [0.5, 0.6) is 5.75 Å². The molecular weight excluding hydrogens is 514 g/mol. The number of halogens is 2. The van der Waals surface area contributed by atoms with Crippen LogP contribution in [0.2, 0.25) is 0 Å². The molecule has 4 rings (SSSR count). The van der Waals surface area contributed by atoms with Crippen molar-refractivity contribution in [3.05, 3.63) is 41.7 Å². The zero-order valence-electron chi connectivity index (χ0n) is 17.6. The van der Waals surface area contributed by atoms with E-state index in [2.05, 4.69) is 27.8 Å². The minimum absolute atomic E-state index is 0. The van der Waals surface area contributed by atoms with Gasteiger partial charge in [0.05, 0.1) is 18.4 Å². The number of rotatable bonds is 7. The minimum Gasteiger partial charge on any atom is -0.491 e. The monoisotopic (exact) mass is 542 g/mol. The molecule has 0 radical (unpaired) electrons. The highest BCUT2D eigenvalue weighted by Crippen LogP contribution is 2.52. The van der Waals surface area contributed by atoms with Crippen LogP contribution in [0.1, 0.15) is 18.9 Å². The Morgan fingerprint density at radius 1 is 1.19 bits per heavy atom. The molecule has 1 aromatic carbocycles. The number of guanidine groups is 1. The third kappa shape index (κ3) is 4.56. The molecule has 2 bridgehead atoms. The Morgan fingerprint density at radius 2 is 1.87 bits per heavy atom. The Bertz CT molecular complexity index is 877. The number of nitrogens with one attached hydrogen (secondary N) is 2. The number of fused-ring (bicyclic) bond motifs is 5. The molecule has 4 unspecified atom stereocenters. The van der Waals surface area contributed by atoms with E-state index < -0.39 is 5.82 Å². The number of ether oxygens (including phenoxy) is 1. The van der Waals surface area contributed by atoms with Gasteiger partial charge in [-0.1, -0.05) is 18.2 Å². The molecule has 0 aromatic heterocycles. The first-order valence-electron chi connectivity index (χ1n) is 10.4. The molecule has 168 valence electrons. The van der Waals surface area contributed by atoms with Crippen LogP contribution in [0.3, 0.4) is 0 Å². The maximum Gasteiger partial charge on any atom is 0.233 e. The number of allylic oxidation sites excluding steroid dienone is 2. The van der Waals surface area contributed by atoms with Crippen LogP contribution in [0.25, 0.3) is 0 Å². The number of amides is 2. The summed E-state index contributed by atoms with van der Waals surface area (Å²) < 4.78 is 19.2. The molecular formula is C22H28FIN4O3. The van der Waals surface area contributed by atoms with Gasteiger partial charge in [-0.05, 0) is 42.9 Å². The van der Waals surface area contributed by atoms with Gasteiger partial charge < -0.3 is 15.4 Å². The zero-order valence-corrected chi connectivity index (χ0v) is 20.0. The quantitative estimate of drug-likeness (QED) is 0.182. The average molecular weight is 542 g/mol. The molecule has 1 saturated heterocycles. The number of hydrogen-bond acceptors (Lipinski definition) is 4. The lowest BCUT2D eigenvalue weighted by atomic mass is 9.85. The topological polar surface area (TPSA) is 83.0 Å². The SMILES string of the molecule is CCOc1ccc(CNC(=NC)NCCN2C(=O)C3C4C=CC(C4)C3C2=O)cc1F.I. The van der Waals surface area contributed by atoms with Gasteiger partial charge in [0.1, 0.15) is 0 Å². The summed E-state index contributed by atoms with van der Waals surface area (Å²) in [7, 11) is 1.63. The summed E-state index contributed by atoms with van der Waals surface area (Å²) >= 11 is 0. The van der Waals surface area contributed by atoms with Crippen LogP contribution in [-0.2, 0) is 16.1 Å². The number of likely N-dealkylation sites (tertiary alicyclic amines) is 1. The van der Waals surface area contributed by atoms with Gasteiger partial charge in [-0.25, -0.2) is 4.39 Å². The number of aliphatic imine (C=N–C) groups is 1. The maximum absolute atomic E-state index is 14.0. The number of carbonyl (C=O) groups excluding carboxylic acids is 2. The number of benzene rings is 1. The molecule has 1 heterocycles. The molecule has 4 atom stereocenters. The van der Waals surface area contributed by atoms with Crippen molar-refractivity contribution in [3.63, 3.8) is 0 Å². The fourth-order valence-corrected chi connectivity index (χ4v) is 4.80. The van der Waals surface area contributed by atoms with Gasteiger partial charge in [-0.15, -0.1) is 24.0 Å². The third-order valence-electron chi connectivity index (χ3n) is 6.17. The van der Waals surface area contributed by atoms with E-state index in [1.165, 1.54) is 11.0 Å². The van der Waals surface area contributed by atoms with E-state index in [0.29, 0.717) is 32.2 Å². The Balaban J connectivity index is 0.00000272. The number of imide groups is 1. The average Bonchev–Trinajstić information content (AvgIpc) is 3.42. The predicted molar refractivity (Wildman–Crippen MR) is 126 cm³/mol. The fraction of sp³-hybridized carbons (Fsp3) is 0.500. The molecule has 0 spiro atoms. The van der Waals surface area contributed by atoms with Crippen molar-refractivity contribution in [2.75, 3.05) is 26.7 Å². The van der Waals surface area contributed by atoms with Crippen LogP contribution < -0.4 is 15.4 Å². The van der Waals surface area contributed by atoms with Crippen LogP contribution in [0, 0.1) is 29.5 Å². The van der Waals surface area contributed by atoms with E-state index in [1.54, 1.807) is 26.1 Å². The van der Waals surface area contributed by atoms with E-state index in [-0.39, 0.29) is 65.2 Å². The lowest BCUT2D eigenvalue weighted by Gasteiger charge is -2.18. The van der Waals surface area contributed by atoms with Crippen molar-refractivity contribution in [3.8, 4) is 5.75 Å². The molecule has 31 heavy (non-hydrogen) atoms. The lowest BCUT2D eigenvalue weighted by molar-refractivity contribution is -0.140. The molecule has 7 nitrogen and oxygen atoms in total. The summed E-state index contributed by atoms with van der Waals surface area (Å²) in [4.78, 5) is 30.9. The largest absolute Gasteiger partial charge is 0.491 e. The Kier molecular flexibility index (Phi) is 7.55. The Hall–Kier alpha value is -2.17. The molecule has 3 aliphatic rings. The smallest absolute Gasteiger partial charge is 0.233 e. The molecule has 1 aromatic rings. The maximum atomic E-state index is 14.0. The second kappa shape index (κ2) is 9.97. The first kappa shape index (κ1) is 23.5. The molecule has 2 fully saturated rings. The first-order valence-corrected chi connectivity index (χ1v) is 10.4. The zero-order chi connectivity index (χ0) is 21.3. The summed E-state index contributed by atoms with van der Waals surface area (Å²) in [5.41, 5.74) is 0.750. The molecule has 1 aliphatic heterocycles. The van der Waals surface area contributed by atoms with Gasteiger partial charge in [0.15, 0.2) is 17.5 Å². The van der Waals surface area contributed by atoms with Crippen LogP contribution in [0.4, 0.5) is 4.39 Å². The van der Waals surface area contributed by atoms with E-state index in [1.807, 2.05) is 0 Å². The van der Waals surface area contributed by atoms with Crippen molar-refractivity contribution in [1.82, 2.24) is 15.5 Å². The van der Waals surface area contributed by atoms with E-state index in [0.717, 1.165) is 12.0 Å². The number of hydrogen-bond donors (Lipinski definition) is 2. The normalized spacial score (nSPS) is 26.2. The molecule has 1 saturated carbocycles. The number of nitrogens with zero attached hydrogens (tertiary/aromatic N) is 2. The molecule has 2 amide bonds. The predicted octanol–water partition coefficient (Wildman–Crippen LogP) is 2.31. The highest BCUT2D eigenvalue weighted by Gasteiger charge is 2.58. The molecule has 2 aliphatic carbocycles. The summed E-state index contributed by atoms with van der Waals surface area (Å²) in [5, 5.41) is 6.23. The van der Waals surface area contributed by atoms with Crippen molar-refractivity contribution < 1.29 is 18.7 Å². The molecule has 2 N–H and O–H groups in total. The highest BCUT2D eigenvalue weighted by atomic mass is 127. The van der Waals surface area contributed by atoms with E-state index >= 15 is 0 Å². The van der Waals surface area contributed by atoms with Crippen LogP contribution in [0.15, 0.2) is 35.3 Å². The van der Waals surface area contributed by atoms with Gasteiger partial charge in [-0.2, -0.15) is 0 Å². The van der Waals surface area contributed by atoms with Gasteiger partial charge in [-0.3, -0.25) is 19.5 Å². The first-order chi connectivity index (χ1) is 14.5. The van der Waals surface area contributed by atoms with Gasteiger partial charge in [0.2, 0.25) is 11.8 Å². The van der Waals surface area contributed by atoms with Crippen molar-refractivity contribution >= 4 is 41.8 Å². The van der Waals surface area contributed by atoms with Gasteiger partial charge in [0, 0.05) is 26.7 Å². The van der Waals surface area contributed by atoms with Crippen LogP contribution >= 0.6 is 24.0 Å². The lowest BCUT2D eigenvalue weighted by Crippen LogP contribution is -2.43. The van der Waals surface area contributed by atoms with Crippen molar-refractivity contribution in [1.29, 1.82) is 0 Å². The van der Waals surface area contributed by atoms with Gasteiger partial charge in [0.25, 0.3) is 0 Å². The second-order valence-electron chi connectivity index (χ2n) is 7.88. The fourth-order valence-electron chi connectivity index (χ4n) is 4.80. The van der Waals surface area contributed by atoms with E-state index in [9.17, 15) is 14.0 Å². The standard InChI is InChI=1S/C22H27FN4O3.HI/c1-3-30-17-7-4-13(10-16(17)23)12-26-22(24-2)25-8-9-27-20(28)18-14-5-6-15(11-14)19(18)21(27)29;/h4-7,10,14-15,18-19H,3,8-9,11-12H2,1-2H3,(H2,24,25,26);1H. The minimum atomic E-state index is -0.404. The van der Waals surface area contributed by atoms with Gasteiger partial charge >= 0.3 is 0 Å². The highest BCUT2D eigenvalue weighted by molar-refractivity contribution is 14.0. The van der Waals surface area contributed by atoms with Crippen molar-refractivity contribution in [2.24, 2.45) is 28.7 Å². The van der Waals surface area contributed by atoms with Crippen LogP contribution in [-0.4, -0.2) is 49.4 Å². The molecule has 9 heteroatoms. The third-order valence-corrected chi connectivity index (χ3v) is 6.17. The Morgan fingerprint density at radius 3 is 2.45 bits per heavy atom. The number of carbonyl (C=O) groups is 2. The van der Waals surface area contributed by atoms with Crippen molar-refractivity contribution in [2.45, 2.75) is 19.9 Å².